The van der Waals surface area contributed by atoms with Gasteiger partial charge < -0.3 is 10.6 Å². The highest BCUT2D eigenvalue weighted by Gasteiger charge is 2.29. The van der Waals surface area contributed by atoms with E-state index in [4.69, 9.17) is 18.0 Å². The van der Waals surface area contributed by atoms with Gasteiger partial charge in [0.25, 0.3) is 0 Å². The Hall–Kier alpha value is -1.02. The summed E-state index contributed by atoms with van der Waals surface area (Å²) in [5.41, 5.74) is 7.04. The van der Waals surface area contributed by atoms with E-state index < -0.39 is 10.0 Å². The Balaban J connectivity index is 2.08. The lowest BCUT2D eigenvalue weighted by molar-refractivity contribution is 0.159. The van der Waals surface area contributed by atoms with Crippen molar-refractivity contribution in [3.63, 3.8) is 0 Å². The molecule has 0 aromatic heterocycles. The molecule has 1 unspecified atom stereocenters. The van der Waals surface area contributed by atoms with Gasteiger partial charge in [0.05, 0.1) is 5.75 Å². The summed E-state index contributed by atoms with van der Waals surface area (Å²) in [5, 5.41) is 0. The minimum absolute atomic E-state index is 0.0149. The first-order valence-electron chi connectivity index (χ1n) is 6.86. The van der Waals surface area contributed by atoms with Crippen LogP contribution in [0.4, 0.5) is 0 Å². The summed E-state index contributed by atoms with van der Waals surface area (Å²) in [7, 11) is -1.27. The van der Waals surface area contributed by atoms with Crippen LogP contribution in [0.25, 0.3) is 0 Å². The minimum atomic E-state index is -3.28. The molecule has 1 aromatic carbocycles. The van der Waals surface area contributed by atoms with Gasteiger partial charge in [0.1, 0.15) is 4.99 Å². The molecular weight excluding hydrogens is 306 g/mol. The molecule has 0 spiro atoms. The highest BCUT2D eigenvalue weighted by atomic mass is 32.2. The van der Waals surface area contributed by atoms with Crippen LogP contribution in [0, 0.1) is 0 Å². The van der Waals surface area contributed by atoms with Crippen molar-refractivity contribution < 1.29 is 8.42 Å². The van der Waals surface area contributed by atoms with Crippen molar-refractivity contribution >= 4 is 27.2 Å². The van der Waals surface area contributed by atoms with Crippen LogP contribution in [0.5, 0.6) is 0 Å². The molecule has 1 aliphatic rings. The zero-order valence-electron chi connectivity index (χ0n) is 12.3. The van der Waals surface area contributed by atoms with Crippen molar-refractivity contribution in [2.24, 2.45) is 5.73 Å². The molecule has 1 atom stereocenters. The number of nitrogens with zero attached hydrogens (tertiary/aromatic N) is 2. The number of likely N-dealkylation sites (N-methyl/N-ethyl adjacent to an activating group) is 1. The van der Waals surface area contributed by atoms with Gasteiger partial charge in [0, 0.05) is 31.2 Å². The van der Waals surface area contributed by atoms with E-state index in [0.29, 0.717) is 18.1 Å². The molecule has 0 bridgehead atoms. The monoisotopic (exact) mass is 327 g/mol. The summed E-state index contributed by atoms with van der Waals surface area (Å²) < 4.78 is 26.5. The average molecular weight is 327 g/mol. The summed E-state index contributed by atoms with van der Waals surface area (Å²) in [4.78, 5) is 2.49. The minimum Gasteiger partial charge on any atom is -0.389 e. The van der Waals surface area contributed by atoms with Crippen LogP contribution in [0.15, 0.2) is 24.3 Å². The van der Waals surface area contributed by atoms with Gasteiger partial charge in [-0.05, 0) is 19.5 Å². The van der Waals surface area contributed by atoms with Gasteiger partial charge in [-0.3, -0.25) is 0 Å². The Labute approximate surface area is 131 Å². The topological polar surface area (TPSA) is 66.6 Å². The summed E-state index contributed by atoms with van der Waals surface area (Å²) in [6.45, 7) is 3.90. The fourth-order valence-corrected chi connectivity index (χ4v) is 4.07. The SMILES string of the molecule is CC1CN(S(=O)(=O)Cc2ccc(C(N)=S)cc2)CCN1C. The van der Waals surface area contributed by atoms with E-state index in [1.54, 1.807) is 28.6 Å². The molecule has 5 nitrogen and oxygen atoms in total. The molecule has 1 heterocycles. The van der Waals surface area contributed by atoms with Crippen LogP contribution in [-0.2, 0) is 15.8 Å². The van der Waals surface area contributed by atoms with E-state index >= 15 is 0 Å². The predicted molar refractivity (Wildman–Crippen MR) is 88.6 cm³/mol. The van der Waals surface area contributed by atoms with E-state index in [0.717, 1.165) is 17.7 Å². The summed E-state index contributed by atoms with van der Waals surface area (Å²) in [5.74, 6) is 0.0149. The number of sulfonamides is 1. The van der Waals surface area contributed by atoms with Crippen LogP contribution in [0.1, 0.15) is 18.1 Å². The zero-order valence-corrected chi connectivity index (χ0v) is 14.0. The Morgan fingerprint density at radius 1 is 1.33 bits per heavy atom. The fraction of sp³-hybridized carbons (Fsp3) is 0.500. The van der Waals surface area contributed by atoms with Crippen LogP contribution in [0.3, 0.4) is 0 Å². The highest BCUT2D eigenvalue weighted by molar-refractivity contribution is 7.88. The van der Waals surface area contributed by atoms with Crippen LogP contribution in [0.2, 0.25) is 0 Å². The highest BCUT2D eigenvalue weighted by Crippen LogP contribution is 2.16. The number of nitrogens with two attached hydrogens (primary N) is 1. The van der Waals surface area contributed by atoms with E-state index in [1.165, 1.54) is 0 Å². The molecule has 2 N–H and O–H groups in total. The number of rotatable bonds is 4. The van der Waals surface area contributed by atoms with Gasteiger partial charge in [-0.25, -0.2) is 8.42 Å². The molecule has 1 saturated heterocycles. The molecule has 1 fully saturated rings. The molecule has 21 heavy (non-hydrogen) atoms. The van der Waals surface area contributed by atoms with Gasteiger partial charge in [-0.2, -0.15) is 4.31 Å². The molecule has 116 valence electrons. The summed E-state index contributed by atoms with van der Waals surface area (Å²) >= 11 is 4.89. The second-order valence-corrected chi connectivity index (χ2v) is 7.91. The van der Waals surface area contributed by atoms with Gasteiger partial charge in [0.15, 0.2) is 0 Å². The zero-order chi connectivity index (χ0) is 15.6. The maximum absolute atomic E-state index is 12.5. The lowest BCUT2D eigenvalue weighted by Crippen LogP contribution is -2.52. The second kappa shape index (κ2) is 6.39. The molecule has 0 radical (unpaired) electrons. The largest absolute Gasteiger partial charge is 0.389 e. The number of benzene rings is 1. The molecule has 0 aliphatic carbocycles. The third-order valence-corrected chi connectivity index (χ3v) is 5.96. The van der Waals surface area contributed by atoms with E-state index in [-0.39, 0.29) is 11.8 Å². The number of hydrogen-bond donors (Lipinski definition) is 1. The van der Waals surface area contributed by atoms with Crippen molar-refractivity contribution in [2.75, 3.05) is 26.7 Å². The third kappa shape index (κ3) is 4.00. The van der Waals surface area contributed by atoms with Crippen molar-refractivity contribution in [1.82, 2.24) is 9.21 Å². The normalized spacial score (nSPS) is 21.3. The Bertz CT molecular complexity index is 614. The molecule has 7 heteroatoms. The average Bonchev–Trinajstić information content (AvgIpc) is 2.42. The first kappa shape index (κ1) is 16.4. The lowest BCUT2D eigenvalue weighted by atomic mass is 10.1. The molecular formula is C14H21N3O2S2. The van der Waals surface area contributed by atoms with Gasteiger partial charge in [0.2, 0.25) is 10.0 Å². The molecule has 0 amide bonds. The van der Waals surface area contributed by atoms with E-state index in [9.17, 15) is 8.42 Å². The summed E-state index contributed by atoms with van der Waals surface area (Å²) in [6.07, 6.45) is 0. The smallest absolute Gasteiger partial charge is 0.218 e. The first-order chi connectivity index (χ1) is 9.79. The van der Waals surface area contributed by atoms with Gasteiger partial charge >= 0.3 is 0 Å². The fourth-order valence-electron chi connectivity index (χ4n) is 2.33. The van der Waals surface area contributed by atoms with E-state index in [2.05, 4.69) is 4.90 Å². The number of thiocarbonyl (C=S) groups is 1. The van der Waals surface area contributed by atoms with Crippen LogP contribution >= 0.6 is 12.2 Å². The molecule has 2 rings (SSSR count). The Kier molecular flexibility index (Phi) is 4.98. The van der Waals surface area contributed by atoms with Crippen molar-refractivity contribution in [2.45, 2.75) is 18.7 Å². The quantitative estimate of drug-likeness (QED) is 0.828. The van der Waals surface area contributed by atoms with Crippen molar-refractivity contribution in [1.29, 1.82) is 0 Å². The predicted octanol–water partition coefficient (Wildman–Crippen LogP) is 0.786. The maximum atomic E-state index is 12.5. The Morgan fingerprint density at radius 2 is 1.95 bits per heavy atom. The van der Waals surface area contributed by atoms with Gasteiger partial charge in [-0.1, -0.05) is 36.5 Å². The number of hydrogen-bond acceptors (Lipinski definition) is 4. The van der Waals surface area contributed by atoms with Gasteiger partial charge in [-0.15, -0.1) is 0 Å². The standard InChI is InChI=1S/C14H21N3O2S2/c1-11-9-17(8-7-16(11)2)21(18,19)10-12-3-5-13(6-4-12)14(15)20/h3-6,11H,7-10H2,1-2H3,(H2,15,20). The maximum Gasteiger partial charge on any atom is 0.218 e. The lowest BCUT2D eigenvalue weighted by Gasteiger charge is -2.36. The molecule has 0 saturated carbocycles. The second-order valence-electron chi connectivity index (χ2n) is 5.51. The van der Waals surface area contributed by atoms with E-state index in [1.807, 2.05) is 14.0 Å². The summed E-state index contributed by atoms with van der Waals surface area (Å²) in [6, 6.07) is 7.31. The molecule has 1 aliphatic heterocycles. The Morgan fingerprint density at radius 3 is 2.48 bits per heavy atom. The third-order valence-electron chi connectivity index (χ3n) is 3.90. The van der Waals surface area contributed by atoms with Crippen molar-refractivity contribution in [3.05, 3.63) is 35.4 Å². The molecule has 1 aromatic rings. The van der Waals surface area contributed by atoms with Crippen molar-refractivity contribution in [3.8, 4) is 0 Å². The van der Waals surface area contributed by atoms with Crippen LogP contribution in [-0.4, -0.2) is 55.3 Å². The first-order valence-corrected chi connectivity index (χ1v) is 8.88. The van der Waals surface area contributed by atoms with Crippen LogP contribution < -0.4 is 5.73 Å². The number of piperazine rings is 1.